The minimum absolute atomic E-state index is 0.000158. The Morgan fingerprint density at radius 1 is 0.868 bits per heavy atom. The highest BCUT2D eigenvalue weighted by Gasteiger charge is 2.76. The van der Waals surface area contributed by atoms with Crippen LogP contribution in [0.3, 0.4) is 0 Å². The summed E-state index contributed by atoms with van der Waals surface area (Å²) >= 11 is 0. The molecule has 7 atom stereocenters. The number of alkyl halides is 9. The molecule has 0 spiro atoms. The molecule has 0 aromatic carbocycles. The van der Waals surface area contributed by atoms with Gasteiger partial charge >= 0.3 is 18.5 Å². The van der Waals surface area contributed by atoms with Crippen LogP contribution in [-0.4, -0.2) is 48.2 Å². The van der Waals surface area contributed by atoms with E-state index < -0.39 is 47.9 Å². The molecule has 12 heteroatoms. The zero-order chi connectivity index (χ0) is 28.9. The Labute approximate surface area is 217 Å². The average Bonchev–Trinajstić information content (AvgIpc) is 3.41. The molecule has 0 aliphatic heterocycles. The summed E-state index contributed by atoms with van der Waals surface area (Å²) in [6.45, 7) is 5.31. The van der Waals surface area contributed by atoms with E-state index in [1.54, 1.807) is 0 Å². The van der Waals surface area contributed by atoms with E-state index in [9.17, 15) is 44.6 Å². The topological polar surface area (TPSA) is 38.7 Å². The molecule has 0 aromatic heterocycles. The van der Waals surface area contributed by atoms with E-state index >= 15 is 0 Å². The van der Waals surface area contributed by atoms with Gasteiger partial charge < -0.3 is 14.6 Å². The first kappa shape index (κ1) is 31.8. The van der Waals surface area contributed by atoms with E-state index in [-0.39, 0.29) is 61.7 Å². The van der Waals surface area contributed by atoms with Crippen molar-refractivity contribution in [2.45, 2.75) is 115 Å². The molecular formula is C26H39F9O3. The molecule has 3 aliphatic rings. The highest BCUT2D eigenvalue weighted by molar-refractivity contribution is 5.09. The highest BCUT2D eigenvalue weighted by Crippen LogP contribution is 2.63. The van der Waals surface area contributed by atoms with E-state index in [4.69, 9.17) is 9.47 Å². The second-order valence-corrected chi connectivity index (χ2v) is 11.9. The second-order valence-electron chi connectivity index (χ2n) is 11.9. The molecule has 3 aliphatic carbocycles. The van der Waals surface area contributed by atoms with Crippen molar-refractivity contribution in [3.05, 3.63) is 0 Å². The van der Waals surface area contributed by atoms with Crippen LogP contribution in [0.5, 0.6) is 0 Å². The van der Waals surface area contributed by atoms with E-state index in [0.29, 0.717) is 25.7 Å². The van der Waals surface area contributed by atoms with Crippen LogP contribution in [0.1, 0.15) is 78.6 Å². The first-order valence-electron chi connectivity index (χ1n) is 13.4. The number of halogens is 9. The lowest BCUT2D eigenvalue weighted by Gasteiger charge is -2.45. The van der Waals surface area contributed by atoms with Gasteiger partial charge in [-0.2, -0.15) is 39.5 Å². The maximum Gasteiger partial charge on any atom is 0.426 e. The van der Waals surface area contributed by atoms with Gasteiger partial charge in [0.25, 0.3) is 5.60 Å². The molecule has 3 nitrogen and oxygen atoms in total. The van der Waals surface area contributed by atoms with Gasteiger partial charge in [0, 0.05) is 13.0 Å². The molecule has 1 N–H and O–H groups in total. The summed E-state index contributed by atoms with van der Waals surface area (Å²) in [7, 11) is 1.28. The Hall–Kier alpha value is -0.750. The molecule has 3 saturated carbocycles. The Balaban J connectivity index is 1.63. The number of aliphatic hydroxyl groups is 1. The quantitative estimate of drug-likeness (QED) is 0.225. The van der Waals surface area contributed by atoms with Crippen LogP contribution in [0.4, 0.5) is 39.5 Å². The van der Waals surface area contributed by atoms with Crippen LogP contribution in [0, 0.1) is 41.4 Å². The minimum atomic E-state index is -5.81. The molecule has 0 radical (unpaired) electrons. The van der Waals surface area contributed by atoms with Gasteiger partial charge in [-0.1, -0.05) is 20.3 Å². The Morgan fingerprint density at radius 3 is 1.82 bits per heavy atom. The van der Waals surface area contributed by atoms with E-state index in [2.05, 4.69) is 0 Å². The van der Waals surface area contributed by atoms with Gasteiger partial charge in [-0.25, -0.2) is 0 Å². The predicted molar refractivity (Wildman–Crippen MR) is 121 cm³/mol. The third-order valence-electron chi connectivity index (χ3n) is 9.99. The third-order valence-corrected chi connectivity index (χ3v) is 9.99. The smallest absolute Gasteiger partial charge is 0.373 e. The zero-order valence-electron chi connectivity index (χ0n) is 22.1. The fourth-order valence-electron chi connectivity index (χ4n) is 7.87. The summed E-state index contributed by atoms with van der Waals surface area (Å²) in [4.78, 5) is 0. The summed E-state index contributed by atoms with van der Waals surface area (Å²) < 4.78 is 133. The first-order chi connectivity index (χ1) is 17.3. The van der Waals surface area contributed by atoms with Crippen LogP contribution in [0.2, 0.25) is 0 Å². The number of hydrogen-bond donors (Lipinski definition) is 1. The molecule has 38 heavy (non-hydrogen) atoms. The average molecular weight is 571 g/mol. The summed E-state index contributed by atoms with van der Waals surface area (Å²) in [5.41, 5.74) is -6.98. The lowest BCUT2D eigenvalue weighted by atomic mass is 9.66. The van der Waals surface area contributed by atoms with E-state index in [1.165, 1.54) is 14.0 Å². The molecule has 0 aromatic rings. The Morgan fingerprint density at radius 2 is 1.42 bits per heavy atom. The largest absolute Gasteiger partial charge is 0.426 e. The summed E-state index contributed by atoms with van der Waals surface area (Å²) in [6.07, 6.45) is -15.5. The number of fused-ring (bicyclic) bond motifs is 2. The molecule has 3 rings (SSSR count). The van der Waals surface area contributed by atoms with Crippen molar-refractivity contribution in [2.24, 2.45) is 41.4 Å². The van der Waals surface area contributed by atoms with Crippen molar-refractivity contribution >= 4 is 0 Å². The normalized spacial score (nSPS) is 35.4. The summed E-state index contributed by atoms with van der Waals surface area (Å²) in [5.74, 6) is -3.09. The van der Waals surface area contributed by atoms with Gasteiger partial charge in [0.05, 0.1) is 0 Å². The van der Waals surface area contributed by atoms with E-state index in [0.717, 1.165) is 0 Å². The molecule has 0 heterocycles. The Bertz CT molecular complexity index is 772. The number of methoxy groups -OCH3 is 1. The lowest BCUT2D eigenvalue weighted by molar-refractivity contribution is -0.389. The fraction of sp³-hybridized carbons (Fsp3) is 1.00. The van der Waals surface area contributed by atoms with Crippen molar-refractivity contribution in [3.8, 4) is 0 Å². The first-order valence-corrected chi connectivity index (χ1v) is 13.4. The van der Waals surface area contributed by atoms with Crippen molar-refractivity contribution < 1.29 is 54.1 Å². The summed E-state index contributed by atoms with van der Waals surface area (Å²) in [6, 6.07) is 0. The molecule has 3 fully saturated rings. The highest BCUT2D eigenvalue weighted by atomic mass is 19.4. The molecule has 7 unspecified atom stereocenters. The van der Waals surface area contributed by atoms with Crippen molar-refractivity contribution in [1.29, 1.82) is 0 Å². The second kappa shape index (κ2) is 10.9. The molecule has 224 valence electrons. The van der Waals surface area contributed by atoms with Crippen molar-refractivity contribution in [1.82, 2.24) is 0 Å². The minimum Gasteiger partial charge on any atom is -0.373 e. The van der Waals surface area contributed by atoms with Crippen molar-refractivity contribution in [3.63, 3.8) is 0 Å². The SMILES string of the molecule is CCC(CC(C)C1CC2CC1CC2C(O)(C(F)(F)F)C(F)(F)F)C1CCC(OC(C)OC)(C(F)(F)F)CC1. The Kier molecular flexibility index (Phi) is 9.12. The van der Waals surface area contributed by atoms with Crippen molar-refractivity contribution in [2.75, 3.05) is 7.11 Å². The number of hydrogen-bond acceptors (Lipinski definition) is 3. The van der Waals surface area contributed by atoms with Crippen LogP contribution < -0.4 is 0 Å². The fourth-order valence-corrected chi connectivity index (χ4v) is 7.87. The maximum absolute atomic E-state index is 13.9. The van der Waals surface area contributed by atoms with Gasteiger partial charge in [-0.05, 0) is 93.8 Å². The molecule has 0 amide bonds. The van der Waals surface area contributed by atoms with Gasteiger partial charge in [-0.3, -0.25) is 0 Å². The zero-order valence-corrected chi connectivity index (χ0v) is 22.1. The van der Waals surface area contributed by atoms with Crippen LogP contribution in [0.15, 0.2) is 0 Å². The lowest BCUT2D eigenvalue weighted by Crippen LogP contribution is -2.63. The maximum atomic E-state index is 13.9. The van der Waals surface area contributed by atoms with Gasteiger partial charge in [0.2, 0.25) is 0 Å². The van der Waals surface area contributed by atoms with Crippen LogP contribution in [0.25, 0.3) is 0 Å². The number of ether oxygens (including phenoxy) is 2. The van der Waals surface area contributed by atoms with E-state index in [1.807, 2.05) is 13.8 Å². The monoisotopic (exact) mass is 570 g/mol. The summed E-state index contributed by atoms with van der Waals surface area (Å²) in [5, 5.41) is 9.91. The van der Waals surface area contributed by atoms with Gasteiger partial charge in [0.1, 0.15) is 0 Å². The third kappa shape index (κ3) is 5.69. The molecule has 2 bridgehead atoms. The standard InChI is InChI=1S/C26H39F9O3/c1-5-16(17-6-8-22(9-7-17,24(27,28)29)38-15(3)37-4)10-14(2)20-12-19-11-18(20)13-21(19)23(36,25(30,31)32)26(33,34)35/h14-21,36H,5-13H2,1-4H3. The predicted octanol–water partition coefficient (Wildman–Crippen LogP) is 8.06. The van der Waals surface area contributed by atoms with Crippen LogP contribution in [-0.2, 0) is 9.47 Å². The number of rotatable bonds is 9. The van der Waals surface area contributed by atoms with Gasteiger partial charge in [-0.15, -0.1) is 0 Å². The molecular weight excluding hydrogens is 531 g/mol. The molecule has 0 saturated heterocycles. The van der Waals surface area contributed by atoms with Gasteiger partial charge in [0.15, 0.2) is 11.9 Å². The van der Waals surface area contributed by atoms with Crippen LogP contribution >= 0.6 is 0 Å².